The molecule has 1 aromatic heterocycles. The topological polar surface area (TPSA) is 89.5 Å². The Bertz CT molecular complexity index is 586. The average molecular weight is 305 g/mol. The highest BCUT2D eigenvalue weighted by molar-refractivity contribution is 5.92. The molecule has 2 N–H and O–H groups in total. The summed E-state index contributed by atoms with van der Waals surface area (Å²) in [4.78, 5) is 14.2. The van der Waals surface area contributed by atoms with Gasteiger partial charge in [0.25, 0.3) is 0 Å². The molecule has 1 aliphatic rings. The molecule has 6 nitrogen and oxygen atoms in total. The summed E-state index contributed by atoms with van der Waals surface area (Å²) in [6, 6.07) is 2.06. The number of aryl methyl sites for hydroxylation is 1. The molecule has 2 heterocycles. The standard InChI is InChI=1S/C16H23N3O3/c1-10-12(3)22-16(14(10)7-17)18-15(21)9-19-6-4-5-13(8-19)11(2)20/h11,13,20H,4-6,8-9H2,1-3H3,(H,18,21). The van der Waals surface area contributed by atoms with Gasteiger partial charge in [0.05, 0.1) is 12.6 Å². The van der Waals surface area contributed by atoms with Crippen LogP contribution in [0, 0.1) is 31.1 Å². The van der Waals surface area contributed by atoms with Gasteiger partial charge in [-0.25, -0.2) is 0 Å². The van der Waals surface area contributed by atoms with E-state index in [9.17, 15) is 9.90 Å². The lowest BCUT2D eigenvalue weighted by molar-refractivity contribution is -0.118. The van der Waals surface area contributed by atoms with E-state index in [1.807, 2.05) is 4.90 Å². The first-order chi connectivity index (χ1) is 10.4. The number of furan rings is 1. The van der Waals surface area contributed by atoms with Gasteiger partial charge < -0.3 is 9.52 Å². The van der Waals surface area contributed by atoms with E-state index >= 15 is 0 Å². The number of likely N-dealkylation sites (tertiary alicyclic amines) is 1. The highest BCUT2D eigenvalue weighted by Crippen LogP contribution is 2.25. The van der Waals surface area contributed by atoms with Crippen LogP contribution >= 0.6 is 0 Å². The molecule has 22 heavy (non-hydrogen) atoms. The Hall–Kier alpha value is -1.84. The maximum absolute atomic E-state index is 12.2. The number of anilines is 1. The molecule has 120 valence electrons. The van der Waals surface area contributed by atoms with Crippen LogP contribution in [0.25, 0.3) is 0 Å². The highest BCUT2D eigenvalue weighted by Gasteiger charge is 2.25. The number of aliphatic hydroxyl groups is 1. The normalized spacial score (nSPS) is 20.4. The number of nitrogens with zero attached hydrogens (tertiary/aromatic N) is 2. The fourth-order valence-corrected chi connectivity index (χ4v) is 2.85. The van der Waals surface area contributed by atoms with Crippen molar-refractivity contribution in [3.05, 3.63) is 16.9 Å². The molecule has 0 saturated carbocycles. The third kappa shape index (κ3) is 3.67. The summed E-state index contributed by atoms with van der Waals surface area (Å²) in [5.41, 5.74) is 1.14. The zero-order chi connectivity index (χ0) is 16.3. The van der Waals surface area contributed by atoms with Gasteiger partial charge in [-0.15, -0.1) is 0 Å². The van der Waals surface area contributed by atoms with E-state index in [4.69, 9.17) is 9.68 Å². The van der Waals surface area contributed by atoms with Crippen LogP contribution in [0.2, 0.25) is 0 Å². The molecule has 2 atom stereocenters. The van der Waals surface area contributed by atoms with Crippen molar-refractivity contribution in [2.45, 2.75) is 39.7 Å². The minimum Gasteiger partial charge on any atom is -0.444 e. The van der Waals surface area contributed by atoms with Gasteiger partial charge in [-0.05, 0) is 46.1 Å². The third-order valence-electron chi connectivity index (χ3n) is 4.34. The Morgan fingerprint density at radius 3 is 2.95 bits per heavy atom. The molecule has 0 radical (unpaired) electrons. The van der Waals surface area contributed by atoms with Crippen molar-refractivity contribution < 1.29 is 14.3 Å². The average Bonchev–Trinajstić information content (AvgIpc) is 2.73. The van der Waals surface area contributed by atoms with E-state index in [2.05, 4.69) is 11.4 Å². The maximum Gasteiger partial charge on any atom is 0.240 e. The Kier molecular flexibility index (Phi) is 5.22. The van der Waals surface area contributed by atoms with Crippen LogP contribution < -0.4 is 5.32 Å². The monoisotopic (exact) mass is 305 g/mol. The molecular formula is C16H23N3O3. The van der Waals surface area contributed by atoms with E-state index < -0.39 is 0 Å². The van der Waals surface area contributed by atoms with Gasteiger partial charge in [-0.2, -0.15) is 5.26 Å². The number of nitriles is 1. The molecule has 0 aliphatic carbocycles. The van der Waals surface area contributed by atoms with Gasteiger partial charge in [0.1, 0.15) is 17.4 Å². The number of rotatable bonds is 4. The first kappa shape index (κ1) is 16.5. The van der Waals surface area contributed by atoms with E-state index in [1.54, 1.807) is 20.8 Å². The molecule has 1 saturated heterocycles. The van der Waals surface area contributed by atoms with Crippen molar-refractivity contribution in [1.29, 1.82) is 5.26 Å². The van der Waals surface area contributed by atoms with Gasteiger partial charge in [0.2, 0.25) is 11.8 Å². The number of carbonyl (C=O) groups excluding carboxylic acids is 1. The number of piperidine rings is 1. The summed E-state index contributed by atoms with van der Waals surface area (Å²) < 4.78 is 5.44. The summed E-state index contributed by atoms with van der Waals surface area (Å²) in [6.45, 7) is 7.16. The third-order valence-corrected chi connectivity index (χ3v) is 4.34. The van der Waals surface area contributed by atoms with Crippen LogP contribution in [0.15, 0.2) is 4.42 Å². The van der Waals surface area contributed by atoms with Crippen molar-refractivity contribution >= 4 is 11.8 Å². The van der Waals surface area contributed by atoms with Crippen molar-refractivity contribution in [3.8, 4) is 6.07 Å². The lowest BCUT2D eigenvalue weighted by atomic mass is 9.93. The molecule has 1 fully saturated rings. The molecule has 0 aromatic carbocycles. The SMILES string of the molecule is Cc1oc(NC(=O)CN2CCCC(C(C)O)C2)c(C#N)c1C. The second-order valence-corrected chi connectivity index (χ2v) is 6.03. The molecule has 0 bridgehead atoms. The zero-order valence-electron chi connectivity index (χ0n) is 13.3. The smallest absolute Gasteiger partial charge is 0.240 e. The fraction of sp³-hybridized carbons (Fsp3) is 0.625. The minimum atomic E-state index is -0.355. The summed E-state index contributed by atoms with van der Waals surface area (Å²) >= 11 is 0. The number of aliphatic hydroxyl groups excluding tert-OH is 1. The van der Waals surface area contributed by atoms with Crippen LogP contribution in [0.5, 0.6) is 0 Å². The summed E-state index contributed by atoms with van der Waals surface area (Å²) in [5, 5.41) is 21.5. The summed E-state index contributed by atoms with van der Waals surface area (Å²) in [7, 11) is 0. The second kappa shape index (κ2) is 6.95. The molecule has 2 rings (SSSR count). The predicted octanol–water partition coefficient (Wildman–Crippen LogP) is 1.80. The molecule has 1 amide bonds. The number of carbonyl (C=O) groups is 1. The van der Waals surface area contributed by atoms with Gasteiger partial charge in [-0.3, -0.25) is 15.0 Å². The molecular weight excluding hydrogens is 282 g/mol. The predicted molar refractivity (Wildman–Crippen MR) is 82.4 cm³/mol. The van der Waals surface area contributed by atoms with Crippen LogP contribution in [0.1, 0.15) is 36.7 Å². The molecule has 1 aromatic rings. The number of hydrogen-bond donors (Lipinski definition) is 2. The van der Waals surface area contributed by atoms with Gasteiger partial charge in [0.15, 0.2) is 0 Å². The molecule has 2 unspecified atom stereocenters. The van der Waals surface area contributed by atoms with Crippen LogP contribution in [0.4, 0.5) is 5.88 Å². The Morgan fingerprint density at radius 1 is 1.59 bits per heavy atom. The molecule has 6 heteroatoms. The highest BCUT2D eigenvalue weighted by atomic mass is 16.4. The van der Waals surface area contributed by atoms with E-state index in [-0.39, 0.29) is 30.4 Å². The maximum atomic E-state index is 12.2. The minimum absolute atomic E-state index is 0.198. The van der Waals surface area contributed by atoms with E-state index in [0.717, 1.165) is 24.9 Å². The molecule has 1 aliphatic heterocycles. The lowest BCUT2D eigenvalue weighted by Crippen LogP contribution is -2.43. The zero-order valence-corrected chi connectivity index (χ0v) is 13.3. The fourth-order valence-electron chi connectivity index (χ4n) is 2.85. The van der Waals surface area contributed by atoms with E-state index in [1.165, 1.54) is 0 Å². The summed E-state index contributed by atoms with van der Waals surface area (Å²) in [6.07, 6.45) is 1.61. The first-order valence-electron chi connectivity index (χ1n) is 7.62. The lowest BCUT2D eigenvalue weighted by Gasteiger charge is -2.33. The summed E-state index contributed by atoms with van der Waals surface area (Å²) in [5.74, 6) is 0.881. The van der Waals surface area contributed by atoms with Crippen molar-refractivity contribution in [3.63, 3.8) is 0 Å². The van der Waals surface area contributed by atoms with Crippen molar-refractivity contribution in [1.82, 2.24) is 4.90 Å². The van der Waals surface area contributed by atoms with Crippen molar-refractivity contribution in [2.24, 2.45) is 5.92 Å². The first-order valence-corrected chi connectivity index (χ1v) is 7.62. The Labute approximate surface area is 130 Å². The number of nitrogens with one attached hydrogen (secondary N) is 1. The number of amides is 1. The van der Waals surface area contributed by atoms with Crippen molar-refractivity contribution in [2.75, 3.05) is 25.0 Å². The van der Waals surface area contributed by atoms with Crippen LogP contribution in [-0.4, -0.2) is 41.7 Å². The van der Waals surface area contributed by atoms with Gasteiger partial charge in [0, 0.05) is 12.1 Å². The molecule has 0 spiro atoms. The van der Waals surface area contributed by atoms with Crippen LogP contribution in [0.3, 0.4) is 0 Å². The second-order valence-electron chi connectivity index (χ2n) is 6.03. The Balaban J connectivity index is 1.96. The quantitative estimate of drug-likeness (QED) is 0.885. The van der Waals surface area contributed by atoms with Gasteiger partial charge >= 0.3 is 0 Å². The van der Waals surface area contributed by atoms with Crippen LogP contribution in [-0.2, 0) is 4.79 Å². The Morgan fingerprint density at radius 2 is 2.32 bits per heavy atom. The largest absolute Gasteiger partial charge is 0.444 e. The van der Waals surface area contributed by atoms with Gasteiger partial charge in [-0.1, -0.05) is 0 Å². The van der Waals surface area contributed by atoms with E-state index in [0.29, 0.717) is 17.9 Å². The number of hydrogen-bond acceptors (Lipinski definition) is 5.